The second kappa shape index (κ2) is 5.42. The molecule has 2 rings (SSSR count). The van der Waals surface area contributed by atoms with Crippen LogP contribution in [0.25, 0.3) is 0 Å². The molecule has 4 nitrogen and oxygen atoms in total. The number of aryl methyl sites for hydroxylation is 1. The summed E-state index contributed by atoms with van der Waals surface area (Å²) < 4.78 is 1.76. The highest BCUT2D eigenvalue weighted by Crippen LogP contribution is 2.04. The van der Waals surface area contributed by atoms with E-state index in [9.17, 15) is 4.79 Å². The summed E-state index contributed by atoms with van der Waals surface area (Å²) in [7, 11) is 1.82. The molecule has 0 saturated carbocycles. The third-order valence-electron chi connectivity index (χ3n) is 2.73. The van der Waals surface area contributed by atoms with Crippen LogP contribution in [-0.4, -0.2) is 10.9 Å². The van der Waals surface area contributed by atoms with Crippen LogP contribution in [-0.2, 0) is 13.6 Å². The summed E-state index contributed by atoms with van der Waals surface area (Å²) >= 11 is 0. The largest absolute Gasteiger partial charge is 0.332 e. The van der Waals surface area contributed by atoms with Gasteiger partial charge < -0.3 is 0 Å². The molecule has 2 N–H and O–H groups in total. The van der Waals surface area contributed by atoms with Crippen LogP contribution in [0.15, 0.2) is 54.7 Å². The van der Waals surface area contributed by atoms with Gasteiger partial charge in [0.15, 0.2) is 6.20 Å². The lowest BCUT2D eigenvalue weighted by atomic mass is 10.2. The van der Waals surface area contributed by atoms with Gasteiger partial charge in [0.05, 0.1) is 6.54 Å². The van der Waals surface area contributed by atoms with Crippen molar-refractivity contribution in [2.24, 2.45) is 12.9 Å². The van der Waals surface area contributed by atoms with E-state index in [1.165, 1.54) is 5.01 Å². The van der Waals surface area contributed by atoms with E-state index in [1.54, 1.807) is 10.6 Å². The summed E-state index contributed by atoms with van der Waals surface area (Å²) in [6.45, 7) is 0.397. The first-order chi connectivity index (χ1) is 8.68. The second-order valence-electron chi connectivity index (χ2n) is 4.12. The molecule has 1 aromatic carbocycles. The average molecular weight is 242 g/mol. The maximum absolute atomic E-state index is 12.1. The molecule has 1 aromatic heterocycles. The van der Waals surface area contributed by atoms with E-state index in [1.807, 2.05) is 55.7 Å². The lowest BCUT2D eigenvalue weighted by Crippen LogP contribution is -2.45. The van der Waals surface area contributed by atoms with Gasteiger partial charge >= 0.3 is 5.91 Å². The molecule has 0 unspecified atom stereocenters. The number of hydrogen-bond acceptors (Lipinski definition) is 2. The van der Waals surface area contributed by atoms with Gasteiger partial charge in [0, 0.05) is 12.1 Å². The molecule has 18 heavy (non-hydrogen) atoms. The Balaban J connectivity index is 2.13. The number of pyridine rings is 1. The highest BCUT2D eigenvalue weighted by molar-refractivity contribution is 5.90. The van der Waals surface area contributed by atoms with Gasteiger partial charge in [0.2, 0.25) is 0 Å². The average Bonchev–Trinajstić information content (AvgIpc) is 2.39. The summed E-state index contributed by atoms with van der Waals surface area (Å²) in [5.41, 5.74) is 1.57. The van der Waals surface area contributed by atoms with Crippen molar-refractivity contribution in [3.05, 3.63) is 66.0 Å². The van der Waals surface area contributed by atoms with Gasteiger partial charge in [0.1, 0.15) is 7.05 Å². The normalized spacial score (nSPS) is 10.1. The lowest BCUT2D eigenvalue weighted by molar-refractivity contribution is -0.673. The molecular formula is C14H16N3O+. The van der Waals surface area contributed by atoms with E-state index >= 15 is 0 Å². The Kier molecular flexibility index (Phi) is 3.69. The van der Waals surface area contributed by atoms with Crippen LogP contribution < -0.4 is 10.4 Å². The maximum Gasteiger partial charge on any atom is 0.332 e. The first-order valence-corrected chi connectivity index (χ1v) is 5.73. The van der Waals surface area contributed by atoms with Crippen LogP contribution in [0.3, 0.4) is 0 Å². The fraction of sp³-hybridized carbons (Fsp3) is 0.143. The van der Waals surface area contributed by atoms with Crippen molar-refractivity contribution in [3.63, 3.8) is 0 Å². The van der Waals surface area contributed by atoms with E-state index in [-0.39, 0.29) is 5.91 Å². The summed E-state index contributed by atoms with van der Waals surface area (Å²) in [5, 5.41) is 1.23. The van der Waals surface area contributed by atoms with Gasteiger partial charge in [-0.15, -0.1) is 0 Å². The predicted octanol–water partition coefficient (Wildman–Crippen LogP) is 1.03. The number of carbonyl (C=O) groups is 1. The van der Waals surface area contributed by atoms with Crippen molar-refractivity contribution in [1.29, 1.82) is 0 Å². The molecule has 0 fully saturated rings. The van der Waals surface area contributed by atoms with Crippen molar-refractivity contribution >= 4 is 5.91 Å². The van der Waals surface area contributed by atoms with Crippen molar-refractivity contribution in [2.45, 2.75) is 6.54 Å². The number of benzene rings is 1. The number of hydrogen-bond donors (Lipinski definition) is 1. The van der Waals surface area contributed by atoms with Crippen molar-refractivity contribution in [1.82, 2.24) is 5.01 Å². The Morgan fingerprint density at radius 1 is 1.17 bits per heavy atom. The molecule has 0 aliphatic heterocycles. The van der Waals surface area contributed by atoms with Crippen LogP contribution in [0, 0.1) is 0 Å². The highest BCUT2D eigenvalue weighted by Gasteiger charge is 2.20. The van der Waals surface area contributed by atoms with E-state index < -0.39 is 0 Å². The molecule has 0 aliphatic carbocycles. The van der Waals surface area contributed by atoms with Gasteiger partial charge in [-0.2, -0.15) is 4.57 Å². The third kappa shape index (κ3) is 2.73. The Bertz CT molecular complexity index is 540. The predicted molar refractivity (Wildman–Crippen MR) is 68.1 cm³/mol. The topological polar surface area (TPSA) is 50.2 Å². The van der Waals surface area contributed by atoms with E-state index in [4.69, 9.17) is 5.84 Å². The molecule has 0 bridgehead atoms. The molecule has 92 valence electrons. The van der Waals surface area contributed by atoms with E-state index in [0.29, 0.717) is 12.2 Å². The van der Waals surface area contributed by atoms with E-state index in [2.05, 4.69) is 0 Å². The molecule has 4 heteroatoms. The molecule has 2 aromatic rings. The summed E-state index contributed by atoms with van der Waals surface area (Å²) in [6.07, 6.45) is 1.82. The Morgan fingerprint density at radius 2 is 1.83 bits per heavy atom. The van der Waals surface area contributed by atoms with Gasteiger partial charge in [-0.05, 0) is 11.6 Å². The molecular weight excluding hydrogens is 226 g/mol. The number of rotatable bonds is 3. The van der Waals surface area contributed by atoms with Gasteiger partial charge in [0.25, 0.3) is 5.69 Å². The van der Waals surface area contributed by atoms with Crippen LogP contribution in [0.1, 0.15) is 16.1 Å². The third-order valence-corrected chi connectivity index (χ3v) is 2.73. The Labute approximate surface area is 106 Å². The maximum atomic E-state index is 12.1. The van der Waals surface area contributed by atoms with Gasteiger partial charge in [-0.25, -0.2) is 5.84 Å². The van der Waals surface area contributed by atoms with Crippen LogP contribution in [0.5, 0.6) is 0 Å². The number of aromatic nitrogens is 1. The fourth-order valence-corrected chi connectivity index (χ4v) is 1.74. The summed E-state index contributed by atoms with van der Waals surface area (Å²) in [4.78, 5) is 12.1. The number of amides is 1. The second-order valence-corrected chi connectivity index (χ2v) is 4.12. The van der Waals surface area contributed by atoms with Crippen LogP contribution in [0.2, 0.25) is 0 Å². The minimum Gasteiger partial charge on any atom is -0.267 e. The number of nitrogens with two attached hydrogens (primary N) is 1. The number of hydrazine groups is 1. The van der Waals surface area contributed by atoms with Gasteiger partial charge in [-0.3, -0.25) is 9.80 Å². The highest BCUT2D eigenvalue weighted by atomic mass is 16.2. The van der Waals surface area contributed by atoms with Crippen molar-refractivity contribution in [3.8, 4) is 0 Å². The van der Waals surface area contributed by atoms with Crippen LogP contribution in [0.4, 0.5) is 0 Å². The monoisotopic (exact) mass is 242 g/mol. The zero-order chi connectivity index (χ0) is 13.0. The van der Waals surface area contributed by atoms with Crippen molar-refractivity contribution < 1.29 is 9.36 Å². The first kappa shape index (κ1) is 12.3. The quantitative estimate of drug-likeness (QED) is 0.378. The molecule has 0 spiro atoms. The Hall–Kier alpha value is -2.20. The van der Waals surface area contributed by atoms with E-state index in [0.717, 1.165) is 5.56 Å². The van der Waals surface area contributed by atoms with Gasteiger partial charge in [-0.1, -0.05) is 30.3 Å². The molecule has 0 atom stereocenters. The number of nitrogens with zero attached hydrogens (tertiary/aromatic N) is 2. The molecule has 1 amide bonds. The van der Waals surface area contributed by atoms with Crippen LogP contribution >= 0.6 is 0 Å². The summed E-state index contributed by atoms with van der Waals surface area (Å²) in [5.74, 6) is 5.63. The molecule has 0 saturated heterocycles. The molecule has 1 heterocycles. The lowest BCUT2D eigenvalue weighted by Gasteiger charge is -2.15. The number of carbonyl (C=O) groups excluding carboxylic acids is 1. The SMILES string of the molecule is C[n+]1ccccc1C(=O)N(N)Cc1ccccc1. The standard InChI is InChI=1S/C14H15N3O/c1-16-10-6-5-9-13(16)14(18)17(15)11-12-7-3-2-4-8-12/h2-10,15H,11H2,1H3/p+1. The smallest absolute Gasteiger partial charge is 0.267 e. The van der Waals surface area contributed by atoms with Crippen molar-refractivity contribution in [2.75, 3.05) is 0 Å². The first-order valence-electron chi connectivity index (χ1n) is 5.73. The summed E-state index contributed by atoms with van der Waals surface area (Å²) in [6, 6.07) is 15.1. The molecule has 0 radical (unpaired) electrons. The zero-order valence-electron chi connectivity index (χ0n) is 10.3. The zero-order valence-corrected chi connectivity index (χ0v) is 10.3. The Morgan fingerprint density at radius 3 is 2.50 bits per heavy atom. The minimum absolute atomic E-state index is 0.193. The fourth-order valence-electron chi connectivity index (χ4n) is 1.74. The molecule has 0 aliphatic rings. The minimum atomic E-state index is -0.193.